The van der Waals surface area contributed by atoms with E-state index in [2.05, 4.69) is 10.2 Å². The van der Waals surface area contributed by atoms with Gasteiger partial charge in [-0.2, -0.15) is 0 Å². The van der Waals surface area contributed by atoms with Crippen LogP contribution in [0, 0.1) is 12.7 Å². The fourth-order valence-electron chi connectivity index (χ4n) is 6.22. The van der Waals surface area contributed by atoms with Gasteiger partial charge in [0.15, 0.2) is 23.5 Å². The topological polar surface area (TPSA) is 149 Å². The molecule has 2 aromatic carbocycles. The lowest BCUT2D eigenvalue weighted by Gasteiger charge is -2.56. The zero-order valence-electron chi connectivity index (χ0n) is 27.3. The van der Waals surface area contributed by atoms with E-state index in [0.717, 1.165) is 23.5 Å². The maximum atomic E-state index is 15.7. The van der Waals surface area contributed by atoms with E-state index >= 15 is 4.39 Å². The SMILES string of the molecule is BC(O)(c1c(C)cccc1OCc1cccc(CN2CC(C)OC(C)C2)c1F)N(C=O)C(B)(C(=O)NC)C(B)(O)C(B)(O)C=O. The largest absolute Gasteiger partial charge is 0.488 e. The number of amides is 2. The molecular formula is C29H42B4FN3O8. The lowest BCUT2D eigenvalue weighted by Crippen LogP contribution is -2.82. The Balaban J connectivity index is 2.02. The molecule has 0 spiro atoms. The van der Waals surface area contributed by atoms with Crippen LogP contribution in [0.3, 0.4) is 0 Å². The van der Waals surface area contributed by atoms with Crippen molar-refractivity contribution in [2.24, 2.45) is 0 Å². The normalized spacial score (nSPS) is 22.5. The van der Waals surface area contributed by atoms with Crippen molar-refractivity contribution >= 4 is 50.0 Å². The number of carbonyl (C=O) groups is 3. The molecule has 2 aromatic rings. The molecule has 4 N–H and O–H groups in total. The molecular weight excluding hydrogens is 581 g/mol. The molecule has 0 aliphatic carbocycles. The smallest absolute Gasteiger partial charge is 0.239 e. The molecule has 6 atom stereocenters. The van der Waals surface area contributed by atoms with Crippen molar-refractivity contribution in [3.05, 3.63) is 64.5 Å². The predicted molar refractivity (Wildman–Crippen MR) is 176 cm³/mol. The first-order chi connectivity index (χ1) is 20.9. The van der Waals surface area contributed by atoms with Crippen molar-refractivity contribution in [3.8, 4) is 5.75 Å². The third-order valence-electron chi connectivity index (χ3n) is 9.03. The highest BCUT2D eigenvalue weighted by atomic mass is 19.1. The van der Waals surface area contributed by atoms with Crippen LogP contribution in [0.15, 0.2) is 36.4 Å². The molecule has 45 heavy (non-hydrogen) atoms. The number of benzene rings is 2. The van der Waals surface area contributed by atoms with E-state index < -0.39 is 33.8 Å². The summed E-state index contributed by atoms with van der Waals surface area (Å²) in [6.45, 7) is 7.10. The number of aliphatic hydroxyl groups is 3. The van der Waals surface area contributed by atoms with E-state index in [1.165, 1.54) is 21.0 Å². The van der Waals surface area contributed by atoms with Crippen molar-refractivity contribution in [2.75, 3.05) is 20.1 Å². The van der Waals surface area contributed by atoms with Gasteiger partial charge in [0.2, 0.25) is 12.3 Å². The van der Waals surface area contributed by atoms with Crippen LogP contribution in [0.25, 0.3) is 0 Å². The molecule has 0 saturated carbocycles. The number of morpholine rings is 1. The van der Waals surface area contributed by atoms with Gasteiger partial charge in [-0.15, -0.1) is 0 Å². The van der Waals surface area contributed by atoms with Crippen LogP contribution in [0.5, 0.6) is 5.75 Å². The fraction of sp³-hybridized carbons (Fsp3) is 0.483. The second kappa shape index (κ2) is 13.7. The maximum absolute atomic E-state index is 15.7. The van der Waals surface area contributed by atoms with Crippen LogP contribution in [0.4, 0.5) is 4.39 Å². The lowest BCUT2D eigenvalue weighted by molar-refractivity contribution is -0.180. The van der Waals surface area contributed by atoms with E-state index in [-0.39, 0.29) is 48.4 Å². The first-order valence-corrected chi connectivity index (χ1v) is 14.9. The minimum atomic E-state index is -2.61. The Hall–Kier alpha value is -3.16. The Morgan fingerprint density at radius 2 is 1.67 bits per heavy atom. The molecule has 11 nitrogen and oxygen atoms in total. The second-order valence-corrected chi connectivity index (χ2v) is 12.6. The summed E-state index contributed by atoms with van der Waals surface area (Å²) >= 11 is 0. The number of hydrogen-bond acceptors (Lipinski definition) is 9. The number of halogens is 1. The zero-order valence-corrected chi connectivity index (χ0v) is 27.3. The third kappa shape index (κ3) is 6.85. The molecule has 2 amide bonds. The molecule has 1 aliphatic rings. The number of carbonyl (C=O) groups excluding carboxylic acids is 3. The number of likely N-dealkylation sites (N-methyl/N-ethyl adjacent to an activating group) is 1. The summed E-state index contributed by atoms with van der Waals surface area (Å²) in [5.74, 6) is -1.33. The number of aryl methyl sites for hydroxylation is 1. The van der Waals surface area contributed by atoms with Gasteiger partial charge in [-0.25, -0.2) is 4.39 Å². The number of rotatable bonds is 13. The molecule has 1 heterocycles. The summed E-state index contributed by atoms with van der Waals surface area (Å²) in [7, 11) is 5.60. The average molecular weight is 623 g/mol. The van der Waals surface area contributed by atoms with Gasteiger partial charge in [-0.1, -0.05) is 30.3 Å². The summed E-state index contributed by atoms with van der Waals surface area (Å²) in [4.78, 5) is 40.7. The lowest BCUT2D eigenvalue weighted by atomic mass is 9.44. The summed E-state index contributed by atoms with van der Waals surface area (Å²) in [5, 5.41) is 36.8. The van der Waals surface area contributed by atoms with Crippen LogP contribution >= 0.6 is 0 Å². The average Bonchev–Trinajstić information content (AvgIpc) is 2.96. The summed E-state index contributed by atoms with van der Waals surface area (Å²) in [6, 6.07) is 9.86. The number of ether oxygens (including phenoxy) is 2. The predicted octanol–water partition coefficient (Wildman–Crippen LogP) is -3.57. The Labute approximate surface area is 267 Å². The van der Waals surface area contributed by atoms with Gasteiger partial charge in [-0.05, 0) is 32.4 Å². The van der Waals surface area contributed by atoms with Gasteiger partial charge in [0, 0.05) is 43.4 Å². The minimum Gasteiger partial charge on any atom is -0.488 e. The standard InChI is InChI=1S/C29H42B4FN3O8/c1-17-7-5-10-22(44-14-21-9-6-8-20(24(21)34)13-36-11-18(2)45-19(3)12-36)23(17)28(32,42)37(16-39)27(31,25(40)35-4)29(33,43)26(30,41)15-38/h5-10,15-16,18-19,41-43H,11-14,30-33H2,1-4H3,(H,35,40). The Morgan fingerprint density at radius 1 is 1.09 bits per heavy atom. The molecule has 1 fully saturated rings. The van der Waals surface area contributed by atoms with Crippen molar-refractivity contribution in [1.29, 1.82) is 0 Å². The Morgan fingerprint density at radius 3 is 2.22 bits per heavy atom. The van der Waals surface area contributed by atoms with E-state index in [1.807, 2.05) is 13.8 Å². The van der Waals surface area contributed by atoms with Crippen molar-refractivity contribution in [1.82, 2.24) is 15.1 Å². The molecule has 1 aliphatic heterocycles. The summed E-state index contributed by atoms with van der Waals surface area (Å²) < 4.78 is 27.6. The van der Waals surface area contributed by atoms with E-state index in [1.54, 1.807) is 37.3 Å². The molecule has 0 aromatic heterocycles. The van der Waals surface area contributed by atoms with Gasteiger partial charge < -0.3 is 39.8 Å². The number of aldehydes is 1. The summed E-state index contributed by atoms with van der Waals surface area (Å²) in [6.07, 6.45) is 0.259. The first kappa shape index (κ1) is 36.3. The maximum Gasteiger partial charge on any atom is 0.239 e. The molecule has 1 saturated heterocycles. The minimum absolute atomic E-state index is 0.0281. The van der Waals surface area contributed by atoms with Crippen molar-refractivity contribution < 1.29 is 43.6 Å². The van der Waals surface area contributed by atoms with Crippen LogP contribution in [-0.4, -0.2) is 124 Å². The van der Waals surface area contributed by atoms with E-state index in [4.69, 9.17) is 9.47 Å². The van der Waals surface area contributed by atoms with Crippen LogP contribution < -0.4 is 10.1 Å². The van der Waals surface area contributed by atoms with Crippen LogP contribution in [0.2, 0.25) is 0 Å². The Kier molecular flexibility index (Phi) is 11.0. The Bertz CT molecular complexity index is 1410. The molecule has 16 heteroatoms. The molecule has 240 valence electrons. The number of hydrogen-bond donors (Lipinski definition) is 4. The van der Waals surface area contributed by atoms with Gasteiger partial charge in [-0.3, -0.25) is 14.5 Å². The molecule has 6 unspecified atom stereocenters. The van der Waals surface area contributed by atoms with Gasteiger partial charge in [0.25, 0.3) is 0 Å². The van der Waals surface area contributed by atoms with Gasteiger partial charge in [0.1, 0.15) is 48.9 Å². The van der Waals surface area contributed by atoms with Gasteiger partial charge in [0.05, 0.1) is 17.7 Å². The highest BCUT2D eigenvalue weighted by molar-refractivity contribution is 6.41. The van der Waals surface area contributed by atoms with Gasteiger partial charge >= 0.3 is 0 Å². The van der Waals surface area contributed by atoms with E-state index in [9.17, 15) is 29.7 Å². The highest BCUT2D eigenvalue weighted by Crippen LogP contribution is 2.41. The molecule has 0 bridgehead atoms. The number of nitrogens with one attached hydrogen (secondary N) is 1. The summed E-state index contributed by atoms with van der Waals surface area (Å²) in [5.41, 5.74) is -8.68. The monoisotopic (exact) mass is 623 g/mol. The first-order valence-electron chi connectivity index (χ1n) is 14.9. The molecule has 3 rings (SSSR count). The van der Waals surface area contributed by atoms with Crippen molar-refractivity contribution in [2.45, 2.75) is 68.2 Å². The molecule has 0 radical (unpaired) electrons. The zero-order chi connectivity index (χ0) is 34.0. The second-order valence-electron chi connectivity index (χ2n) is 12.6. The quantitative estimate of drug-likeness (QED) is 0.101. The van der Waals surface area contributed by atoms with Crippen molar-refractivity contribution in [3.63, 3.8) is 0 Å². The fourth-order valence-corrected chi connectivity index (χ4v) is 6.22. The van der Waals surface area contributed by atoms with Crippen LogP contribution in [0.1, 0.15) is 36.1 Å². The third-order valence-corrected chi connectivity index (χ3v) is 9.03. The van der Waals surface area contributed by atoms with Crippen LogP contribution in [-0.2, 0) is 37.9 Å². The number of nitrogens with zero attached hydrogens (tertiary/aromatic N) is 2. The highest BCUT2D eigenvalue weighted by Gasteiger charge is 2.63. The van der Waals surface area contributed by atoms with E-state index in [0.29, 0.717) is 35.7 Å².